The number of nitrogens with two attached hydrogens (primary N) is 1. The number of amides is 2. The van der Waals surface area contributed by atoms with Gasteiger partial charge >= 0.3 is 0 Å². The number of para-hydroxylation sites is 1. The number of nitrogens with one attached hydrogen (secondary N) is 1. The minimum atomic E-state index is -0.577. The number of primary amides is 1. The molecule has 1 saturated heterocycles. The fourth-order valence-corrected chi connectivity index (χ4v) is 3.94. The van der Waals surface area contributed by atoms with Gasteiger partial charge in [-0.2, -0.15) is 4.98 Å². The van der Waals surface area contributed by atoms with Crippen molar-refractivity contribution in [3.63, 3.8) is 0 Å². The molecular formula is C22H22ClN5O3. The van der Waals surface area contributed by atoms with Crippen LogP contribution in [0.5, 0.6) is 0 Å². The van der Waals surface area contributed by atoms with Gasteiger partial charge in [-0.15, -0.1) is 0 Å². The van der Waals surface area contributed by atoms with Gasteiger partial charge in [0, 0.05) is 12.1 Å². The predicted octanol–water partition coefficient (Wildman–Crippen LogP) is 3.34. The Bertz CT molecular complexity index is 1100. The molecule has 1 aliphatic heterocycles. The molecule has 1 aromatic heterocycles. The van der Waals surface area contributed by atoms with Crippen LogP contribution in [0, 0.1) is 5.92 Å². The van der Waals surface area contributed by atoms with Gasteiger partial charge in [0.2, 0.25) is 17.6 Å². The Morgan fingerprint density at radius 1 is 1.19 bits per heavy atom. The molecular weight excluding hydrogens is 418 g/mol. The number of hydrogen-bond donors (Lipinski definition) is 2. The van der Waals surface area contributed by atoms with Gasteiger partial charge in [0.15, 0.2) is 0 Å². The van der Waals surface area contributed by atoms with Crippen molar-refractivity contribution in [3.8, 4) is 11.4 Å². The number of carbonyl (C=O) groups excluding carboxylic acids is 2. The van der Waals surface area contributed by atoms with Crippen LogP contribution in [0.25, 0.3) is 11.4 Å². The summed E-state index contributed by atoms with van der Waals surface area (Å²) in [5.74, 6) is -0.0294. The van der Waals surface area contributed by atoms with E-state index in [1.54, 1.807) is 30.3 Å². The van der Waals surface area contributed by atoms with Crippen LogP contribution in [0.4, 0.5) is 5.69 Å². The summed E-state index contributed by atoms with van der Waals surface area (Å²) in [5.41, 5.74) is 6.83. The number of carbonyl (C=O) groups is 2. The Labute approximate surface area is 184 Å². The number of piperidine rings is 1. The molecule has 9 heteroatoms. The lowest BCUT2D eigenvalue weighted by Crippen LogP contribution is -2.40. The maximum atomic E-state index is 12.8. The van der Waals surface area contributed by atoms with Crippen LogP contribution >= 0.6 is 11.6 Å². The van der Waals surface area contributed by atoms with E-state index in [1.807, 2.05) is 18.2 Å². The smallest absolute Gasteiger partial charge is 0.250 e. The van der Waals surface area contributed by atoms with Crippen LogP contribution in [0.3, 0.4) is 0 Å². The van der Waals surface area contributed by atoms with Gasteiger partial charge in [0.1, 0.15) is 0 Å². The van der Waals surface area contributed by atoms with Gasteiger partial charge in [0.25, 0.3) is 5.91 Å². The second-order valence-corrected chi connectivity index (χ2v) is 7.87. The fraction of sp³-hybridized carbons (Fsp3) is 0.273. The Morgan fingerprint density at radius 3 is 2.77 bits per heavy atom. The molecule has 1 fully saturated rings. The van der Waals surface area contributed by atoms with Gasteiger partial charge in [-0.25, -0.2) is 0 Å². The number of hydrogen-bond acceptors (Lipinski definition) is 6. The van der Waals surface area contributed by atoms with Crippen molar-refractivity contribution in [2.24, 2.45) is 11.7 Å². The van der Waals surface area contributed by atoms with Crippen molar-refractivity contribution in [1.82, 2.24) is 15.0 Å². The molecule has 0 radical (unpaired) electrons. The van der Waals surface area contributed by atoms with Crippen molar-refractivity contribution in [1.29, 1.82) is 0 Å². The highest BCUT2D eigenvalue weighted by Crippen LogP contribution is 2.26. The van der Waals surface area contributed by atoms with E-state index in [-0.39, 0.29) is 11.8 Å². The lowest BCUT2D eigenvalue weighted by atomic mass is 9.97. The average molecular weight is 440 g/mol. The van der Waals surface area contributed by atoms with Crippen LogP contribution in [0.2, 0.25) is 5.02 Å². The van der Waals surface area contributed by atoms with Gasteiger partial charge in [-0.1, -0.05) is 41.0 Å². The number of nitrogens with zero attached hydrogens (tertiary/aromatic N) is 3. The summed E-state index contributed by atoms with van der Waals surface area (Å²) in [5, 5.41) is 7.43. The minimum Gasteiger partial charge on any atom is -0.366 e. The predicted molar refractivity (Wildman–Crippen MR) is 116 cm³/mol. The largest absolute Gasteiger partial charge is 0.366 e. The first-order valence-electron chi connectivity index (χ1n) is 10.0. The van der Waals surface area contributed by atoms with Crippen LogP contribution < -0.4 is 11.1 Å². The quantitative estimate of drug-likeness (QED) is 0.608. The van der Waals surface area contributed by atoms with Crippen LogP contribution in [0.15, 0.2) is 53.1 Å². The molecule has 2 heterocycles. The van der Waals surface area contributed by atoms with E-state index < -0.39 is 5.91 Å². The molecule has 0 spiro atoms. The van der Waals surface area contributed by atoms with E-state index in [4.69, 9.17) is 21.9 Å². The lowest BCUT2D eigenvalue weighted by Gasteiger charge is -2.31. The third-order valence-corrected chi connectivity index (χ3v) is 5.60. The summed E-state index contributed by atoms with van der Waals surface area (Å²) < 4.78 is 5.40. The SMILES string of the molecule is NC(=O)c1ccccc1NC(=O)C1CCCN(Cc2nc(-c3ccccc3Cl)no2)C1. The highest BCUT2D eigenvalue weighted by Gasteiger charge is 2.27. The Kier molecular flexibility index (Phi) is 6.29. The monoisotopic (exact) mass is 439 g/mol. The number of anilines is 1. The Hall–Kier alpha value is -3.23. The molecule has 1 unspecified atom stereocenters. The molecule has 4 rings (SSSR count). The van der Waals surface area contributed by atoms with E-state index in [1.165, 1.54) is 0 Å². The molecule has 1 atom stereocenters. The highest BCUT2D eigenvalue weighted by molar-refractivity contribution is 6.33. The summed E-state index contributed by atoms with van der Waals surface area (Å²) in [6, 6.07) is 14.0. The van der Waals surface area contributed by atoms with E-state index in [0.29, 0.717) is 46.6 Å². The first-order valence-corrected chi connectivity index (χ1v) is 10.4. The lowest BCUT2D eigenvalue weighted by molar-refractivity contribution is -0.121. The van der Waals surface area contributed by atoms with E-state index in [0.717, 1.165) is 19.4 Å². The number of benzene rings is 2. The zero-order valence-corrected chi connectivity index (χ0v) is 17.5. The van der Waals surface area contributed by atoms with Crippen LogP contribution in [-0.2, 0) is 11.3 Å². The molecule has 0 bridgehead atoms. The third kappa shape index (κ3) is 4.92. The topological polar surface area (TPSA) is 114 Å². The van der Waals surface area contributed by atoms with Crippen molar-refractivity contribution < 1.29 is 14.1 Å². The number of halogens is 1. The van der Waals surface area contributed by atoms with Crippen molar-refractivity contribution in [2.75, 3.05) is 18.4 Å². The van der Waals surface area contributed by atoms with Gasteiger partial charge in [0.05, 0.1) is 28.7 Å². The maximum Gasteiger partial charge on any atom is 0.250 e. The zero-order valence-electron chi connectivity index (χ0n) is 16.8. The number of rotatable bonds is 6. The fourth-order valence-electron chi connectivity index (χ4n) is 3.72. The zero-order chi connectivity index (χ0) is 21.8. The minimum absolute atomic E-state index is 0.138. The molecule has 2 aromatic carbocycles. The summed E-state index contributed by atoms with van der Waals surface area (Å²) >= 11 is 6.21. The molecule has 0 aliphatic carbocycles. The summed E-state index contributed by atoms with van der Waals surface area (Å²) in [7, 11) is 0. The molecule has 31 heavy (non-hydrogen) atoms. The maximum absolute atomic E-state index is 12.8. The Morgan fingerprint density at radius 2 is 1.97 bits per heavy atom. The van der Waals surface area contributed by atoms with Gasteiger partial charge in [-0.3, -0.25) is 14.5 Å². The van der Waals surface area contributed by atoms with Crippen molar-refractivity contribution in [2.45, 2.75) is 19.4 Å². The standard InChI is InChI=1S/C22H22ClN5O3/c23-17-9-3-1-7-15(17)21-26-19(31-27-21)13-28-11-5-6-14(12-28)22(30)25-18-10-4-2-8-16(18)20(24)29/h1-4,7-10,14H,5-6,11-13H2,(H2,24,29)(H,25,30). The molecule has 160 valence electrons. The van der Waals surface area contributed by atoms with Gasteiger partial charge in [-0.05, 0) is 43.7 Å². The summed E-state index contributed by atoms with van der Waals surface area (Å²) in [4.78, 5) is 31.0. The van der Waals surface area contributed by atoms with Crippen LogP contribution in [-0.4, -0.2) is 39.9 Å². The number of likely N-dealkylation sites (tertiary alicyclic amines) is 1. The number of aromatic nitrogens is 2. The van der Waals surface area contributed by atoms with E-state index >= 15 is 0 Å². The molecule has 3 aromatic rings. The average Bonchev–Trinajstić information content (AvgIpc) is 3.22. The second kappa shape index (κ2) is 9.28. The van der Waals surface area contributed by atoms with E-state index in [2.05, 4.69) is 20.4 Å². The van der Waals surface area contributed by atoms with Gasteiger partial charge < -0.3 is 15.6 Å². The highest BCUT2D eigenvalue weighted by atomic mass is 35.5. The molecule has 0 saturated carbocycles. The van der Waals surface area contributed by atoms with E-state index in [9.17, 15) is 9.59 Å². The second-order valence-electron chi connectivity index (χ2n) is 7.46. The van der Waals surface area contributed by atoms with Crippen LogP contribution in [0.1, 0.15) is 29.1 Å². The molecule has 2 amide bonds. The molecule has 3 N–H and O–H groups in total. The van der Waals surface area contributed by atoms with Crippen molar-refractivity contribution >= 4 is 29.1 Å². The van der Waals surface area contributed by atoms with Crippen molar-refractivity contribution in [3.05, 3.63) is 65.0 Å². The first-order chi connectivity index (χ1) is 15.0. The summed E-state index contributed by atoms with van der Waals surface area (Å²) in [6.07, 6.45) is 1.62. The molecule has 8 nitrogen and oxygen atoms in total. The summed E-state index contributed by atoms with van der Waals surface area (Å²) in [6.45, 7) is 1.82. The molecule has 1 aliphatic rings. The third-order valence-electron chi connectivity index (χ3n) is 5.27. The Balaban J connectivity index is 1.40. The first kappa shape index (κ1) is 21.0. The normalized spacial score (nSPS) is 16.7.